The lowest BCUT2D eigenvalue weighted by Crippen LogP contribution is -2.52. The van der Waals surface area contributed by atoms with Gasteiger partial charge in [-0.15, -0.1) is 5.10 Å². The lowest BCUT2D eigenvalue weighted by Gasteiger charge is -2.29. The number of benzene rings is 1. The van der Waals surface area contributed by atoms with Crippen LogP contribution in [0.4, 0.5) is 0 Å². The standard InChI is InChI=1S/C24H24N8O4/c1-12-25-17-5-2-14(9-18(17)26-12)27-22(34)19-11-32(30-29-19)15-3-4-16-13(8-15)10-31(24(16)36)20-6-7-21(33)28-23(20)35/h3-4,8,11,14,20H,2,5-7,9-10H2,1H3,(H,25,26)(H,27,34)(H,28,33,35). The van der Waals surface area contributed by atoms with Crippen LogP contribution in [-0.2, 0) is 29.0 Å². The van der Waals surface area contributed by atoms with E-state index in [1.165, 1.54) is 9.58 Å². The Morgan fingerprint density at radius 3 is 2.86 bits per heavy atom. The number of aromatic amines is 1. The van der Waals surface area contributed by atoms with E-state index < -0.39 is 11.9 Å². The van der Waals surface area contributed by atoms with Gasteiger partial charge in [0.2, 0.25) is 11.8 Å². The predicted octanol–water partition coefficient (Wildman–Crippen LogP) is 0.347. The van der Waals surface area contributed by atoms with Gasteiger partial charge in [-0.3, -0.25) is 24.5 Å². The molecular weight excluding hydrogens is 464 g/mol. The van der Waals surface area contributed by atoms with Crippen LogP contribution in [0.2, 0.25) is 0 Å². The Hall–Kier alpha value is -4.35. The fourth-order valence-electron chi connectivity index (χ4n) is 5.20. The van der Waals surface area contributed by atoms with Crippen LogP contribution >= 0.6 is 0 Å². The van der Waals surface area contributed by atoms with E-state index in [2.05, 4.69) is 30.9 Å². The second kappa shape index (κ2) is 8.40. The van der Waals surface area contributed by atoms with E-state index >= 15 is 0 Å². The highest BCUT2D eigenvalue weighted by Crippen LogP contribution is 2.29. The molecule has 4 amide bonds. The monoisotopic (exact) mass is 488 g/mol. The van der Waals surface area contributed by atoms with Crippen molar-refractivity contribution in [1.82, 2.24) is 40.5 Å². The molecule has 1 aromatic carbocycles. The molecule has 0 radical (unpaired) electrons. The van der Waals surface area contributed by atoms with Crippen LogP contribution in [0.5, 0.6) is 0 Å². The average Bonchev–Trinajstić information content (AvgIpc) is 3.56. The minimum Gasteiger partial charge on any atom is -0.347 e. The molecule has 4 heterocycles. The number of carbonyl (C=O) groups is 4. The van der Waals surface area contributed by atoms with Crippen LogP contribution in [0.25, 0.3) is 5.69 Å². The molecule has 6 rings (SSSR count). The molecule has 2 aliphatic heterocycles. The first kappa shape index (κ1) is 22.1. The maximum absolute atomic E-state index is 12.9. The maximum Gasteiger partial charge on any atom is 0.273 e. The van der Waals surface area contributed by atoms with Crippen molar-refractivity contribution in [2.24, 2.45) is 0 Å². The fraction of sp³-hybridized carbons (Fsp3) is 0.375. The lowest BCUT2D eigenvalue weighted by atomic mass is 9.96. The second-order valence-corrected chi connectivity index (χ2v) is 9.45. The summed E-state index contributed by atoms with van der Waals surface area (Å²) in [4.78, 5) is 58.7. The number of amides is 4. The molecule has 36 heavy (non-hydrogen) atoms. The van der Waals surface area contributed by atoms with E-state index in [1.54, 1.807) is 24.4 Å². The summed E-state index contributed by atoms with van der Waals surface area (Å²) in [6, 6.07) is 4.53. The van der Waals surface area contributed by atoms with Crippen molar-refractivity contribution in [2.45, 2.75) is 57.7 Å². The van der Waals surface area contributed by atoms with Crippen molar-refractivity contribution >= 4 is 23.6 Å². The summed E-state index contributed by atoms with van der Waals surface area (Å²) >= 11 is 0. The van der Waals surface area contributed by atoms with Gasteiger partial charge in [0, 0.05) is 36.7 Å². The smallest absolute Gasteiger partial charge is 0.273 e. The lowest BCUT2D eigenvalue weighted by molar-refractivity contribution is -0.136. The molecule has 0 saturated carbocycles. The molecular formula is C24H24N8O4. The van der Waals surface area contributed by atoms with Crippen molar-refractivity contribution in [3.05, 3.63) is 58.4 Å². The Kier molecular flexibility index (Phi) is 5.16. The van der Waals surface area contributed by atoms with E-state index in [4.69, 9.17) is 0 Å². The van der Waals surface area contributed by atoms with Crippen LogP contribution < -0.4 is 10.6 Å². The van der Waals surface area contributed by atoms with Crippen molar-refractivity contribution in [2.75, 3.05) is 0 Å². The molecule has 2 unspecified atom stereocenters. The SMILES string of the molecule is Cc1nc2c([nH]1)CC(NC(=O)c1cn(-c3ccc4c(c3)CN(C3CCC(=O)NC3=O)C4=O)nn1)CC2. The average molecular weight is 489 g/mol. The molecule has 3 aliphatic rings. The minimum atomic E-state index is -0.672. The van der Waals surface area contributed by atoms with Gasteiger partial charge in [0.25, 0.3) is 11.8 Å². The molecule has 12 nitrogen and oxygen atoms in total. The number of piperidine rings is 1. The van der Waals surface area contributed by atoms with Crippen LogP contribution in [-0.4, -0.2) is 65.6 Å². The van der Waals surface area contributed by atoms with Crippen LogP contribution in [0.3, 0.4) is 0 Å². The molecule has 3 N–H and O–H groups in total. The van der Waals surface area contributed by atoms with Crippen LogP contribution in [0.15, 0.2) is 24.4 Å². The van der Waals surface area contributed by atoms with E-state index in [0.717, 1.165) is 35.6 Å². The highest BCUT2D eigenvalue weighted by Gasteiger charge is 2.39. The molecule has 1 aliphatic carbocycles. The number of H-pyrrole nitrogens is 1. The third kappa shape index (κ3) is 3.84. The Morgan fingerprint density at radius 1 is 1.17 bits per heavy atom. The third-order valence-electron chi connectivity index (χ3n) is 7.00. The molecule has 2 atom stereocenters. The molecule has 3 aromatic rings. The van der Waals surface area contributed by atoms with Crippen LogP contribution in [0.1, 0.15) is 62.9 Å². The Labute approximate surface area is 205 Å². The topological polar surface area (TPSA) is 155 Å². The minimum absolute atomic E-state index is 0.0146. The van der Waals surface area contributed by atoms with Gasteiger partial charge in [0.05, 0.1) is 17.6 Å². The summed E-state index contributed by atoms with van der Waals surface area (Å²) in [7, 11) is 0. The number of nitrogens with zero attached hydrogens (tertiary/aromatic N) is 5. The van der Waals surface area contributed by atoms with E-state index in [-0.39, 0.29) is 42.4 Å². The number of hydrogen-bond acceptors (Lipinski definition) is 7. The zero-order valence-electron chi connectivity index (χ0n) is 19.6. The summed E-state index contributed by atoms with van der Waals surface area (Å²) in [5.74, 6) is -0.430. The van der Waals surface area contributed by atoms with Gasteiger partial charge in [-0.2, -0.15) is 0 Å². The van der Waals surface area contributed by atoms with Gasteiger partial charge in [0.15, 0.2) is 5.69 Å². The van der Waals surface area contributed by atoms with Gasteiger partial charge in [-0.25, -0.2) is 9.67 Å². The molecule has 0 bridgehead atoms. The van der Waals surface area contributed by atoms with Crippen molar-refractivity contribution in [3.63, 3.8) is 0 Å². The number of rotatable bonds is 4. The van der Waals surface area contributed by atoms with Gasteiger partial charge < -0.3 is 15.2 Å². The third-order valence-corrected chi connectivity index (χ3v) is 7.00. The van der Waals surface area contributed by atoms with Crippen LogP contribution in [0, 0.1) is 6.92 Å². The normalized spacial score (nSPS) is 21.2. The van der Waals surface area contributed by atoms with Crippen molar-refractivity contribution in [3.8, 4) is 5.69 Å². The van der Waals surface area contributed by atoms with Gasteiger partial charge in [-0.05, 0) is 49.9 Å². The first-order chi connectivity index (χ1) is 17.4. The molecule has 2 aromatic heterocycles. The molecule has 184 valence electrons. The zero-order chi connectivity index (χ0) is 25.0. The fourth-order valence-corrected chi connectivity index (χ4v) is 5.20. The maximum atomic E-state index is 12.9. The quantitative estimate of drug-likeness (QED) is 0.448. The molecule has 1 fully saturated rings. The Morgan fingerprint density at radius 2 is 2.03 bits per heavy atom. The number of imidazole rings is 1. The number of carbonyl (C=O) groups excluding carboxylic acids is 4. The second-order valence-electron chi connectivity index (χ2n) is 9.45. The first-order valence-electron chi connectivity index (χ1n) is 11.9. The highest BCUT2D eigenvalue weighted by molar-refractivity contribution is 6.05. The van der Waals surface area contributed by atoms with Gasteiger partial charge in [-0.1, -0.05) is 5.21 Å². The number of aryl methyl sites for hydroxylation is 2. The highest BCUT2D eigenvalue weighted by atomic mass is 16.2. The summed E-state index contributed by atoms with van der Waals surface area (Å²) in [5.41, 5.74) is 4.22. The predicted molar refractivity (Wildman–Crippen MR) is 124 cm³/mol. The number of imide groups is 1. The van der Waals surface area contributed by atoms with Gasteiger partial charge in [0.1, 0.15) is 11.9 Å². The zero-order valence-corrected chi connectivity index (χ0v) is 19.6. The van der Waals surface area contributed by atoms with Crippen molar-refractivity contribution in [1.29, 1.82) is 0 Å². The summed E-state index contributed by atoms with van der Waals surface area (Å²) < 4.78 is 1.49. The van der Waals surface area contributed by atoms with Crippen molar-refractivity contribution < 1.29 is 19.2 Å². The number of aromatic nitrogens is 5. The number of nitrogens with one attached hydrogen (secondary N) is 3. The largest absolute Gasteiger partial charge is 0.347 e. The van der Waals surface area contributed by atoms with E-state index in [1.807, 2.05) is 6.92 Å². The Bertz CT molecular complexity index is 1420. The van der Waals surface area contributed by atoms with Gasteiger partial charge >= 0.3 is 0 Å². The summed E-state index contributed by atoms with van der Waals surface area (Å²) in [6.45, 7) is 2.18. The first-order valence-corrected chi connectivity index (χ1v) is 11.9. The summed E-state index contributed by atoms with van der Waals surface area (Å²) in [5, 5.41) is 13.5. The molecule has 12 heteroatoms. The molecule has 0 spiro atoms. The van der Waals surface area contributed by atoms with E-state index in [0.29, 0.717) is 24.1 Å². The molecule has 1 saturated heterocycles. The van der Waals surface area contributed by atoms with E-state index in [9.17, 15) is 19.2 Å². The Balaban J connectivity index is 1.15. The summed E-state index contributed by atoms with van der Waals surface area (Å²) in [6.07, 6.45) is 4.37. The number of fused-ring (bicyclic) bond motifs is 2. The number of hydrogen-bond donors (Lipinski definition) is 3.